The predicted octanol–water partition coefficient (Wildman–Crippen LogP) is 1.41. The molecule has 0 N–H and O–H groups in total. The Morgan fingerprint density at radius 1 is 0.800 bits per heavy atom. The minimum atomic E-state index is -0.476. The van der Waals surface area contributed by atoms with Crippen LogP contribution in [-0.4, -0.2) is 64.4 Å². The van der Waals surface area contributed by atoms with Crippen LogP contribution in [0.25, 0.3) is 0 Å². The maximum Gasteiger partial charge on any atom is 0.332 e. The molecule has 0 saturated carbocycles. The largest absolute Gasteiger partial charge is 0.458 e. The molecule has 0 aromatic rings. The second-order valence-corrected chi connectivity index (χ2v) is 5.06. The van der Waals surface area contributed by atoms with Crippen molar-refractivity contribution in [2.75, 3.05) is 52.9 Å². The highest BCUT2D eigenvalue weighted by Gasteiger charge is 2.15. The van der Waals surface area contributed by atoms with Crippen LogP contribution in [-0.2, 0) is 28.5 Å². The van der Waals surface area contributed by atoms with E-state index in [1.165, 1.54) is 0 Å². The Hall–Kier alpha value is -0.690. The molecule has 0 aliphatic carbocycles. The maximum atomic E-state index is 11.3. The number of carbonyl (C=O) groups is 1. The van der Waals surface area contributed by atoms with Crippen molar-refractivity contribution in [3.8, 4) is 0 Å². The third-order valence-corrected chi connectivity index (χ3v) is 1.96. The Kier molecular flexibility index (Phi) is 11.7. The summed E-state index contributed by atoms with van der Waals surface area (Å²) in [4.78, 5) is 11.3. The Balaban J connectivity index is 3.19. The highest BCUT2D eigenvalue weighted by atomic mass is 16.6. The molecule has 0 bridgehead atoms. The topological polar surface area (TPSA) is 63.2 Å². The van der Waals surface area contributed by atoms with Crippen molar-refractivity contribution < 1.29 is 28.5 Å². The van der Waals surface area contributed by atoms with Crippen molar-refractivity contribution >= 4 is 5.97 Å². The summed E-state index contributed by atoms with van der Waals surface area (Å²) in [5.41, 5.74) is -0.476. The fourth-order valence-corrected chi connectivity index (χ4v) is 1.23. The molecule has 20 heavy (non-hydrogen) atoms. The summed E-state index contributed by atoms with van der Waals surface area (Å²) in [6.07, 6.45) is 0. The van der Waals surface area contributed by atoms with E-state index >= 15 is 0 Å². The fraction of sp³-hybridized carbons (Fsp3) is 0.929. The molecule has 6 heteroatoms. The zero-order valence-electron chi connectivity index (χ0n) is 13.1. The highest BCUT2D eigenvalue weighted by Crippen LogP contribution is 2.06. The van der Waals surface area contributed by atoms with E-state index in [1.54, 1.807) is 0 Å². The first-order valence-corrected chi connectivity index (χ1v) is 6.98. The van der Waals surface area contributed by atoms with E-state index < -0.39 is 5.60 Å². The molecule has 0 heterocycles. The third kappa shape index (κ3) is 15.4. The number of carbonyl (C=O) groups excluding carboxylic acids is 1. The van der Waals surface area contributed by atoms with E-state index in [2.05, 4.69) is 0 Å². The lowest BCUT2D eigenvalue weighted by Crippen LogP contribution is -2.27. The van der Waals surface area contributed by atoms with E-state index in [0.717, 1.165) is 0 Å². The van der Waals surface area contributed by atoms with Gasteiger partial charge in [-0.1, -0.05) is 0 Å². The van der Waals surface area contributed by atoms with Crippen LogP contribution in [0, 0.1) is 0 Å². The number of esters is 1. The summed E-state index contributed by atoms with van der Waals surface area (Å²) in [6, 6.07) is 0. The van der Waals surface area contributed by atoms with Crippen LogP contribution in [0.2, 0.25) is 0 Å². The van der Waals surface area contributed by atoms with Crippen LogP contribution in [0.15, 0.2) is 0 Å². The molecular formula is C14H28O6. The first kappa shape index (κ1) is 19.3. The van der Waals surface area contributed by atoms with E-state index in [-0.39, 0.29) is 12.6 Å². The summed E-state index contributed by atoms with van der Waals surface area (Å²) >= 11 is 0. The summed E-state index contributed by atoms with van der Waals surface area (Å²) in [5.74, 6) is -0.364. The zero-order chi connectivity index (χ0) is 15.3. The van der Waals surface area contributed by atoms with Crippen LogP contribution in [0.3, 0.4) is 0 Å². The van der Waals surface area contributed by atoms with Gasteiger partial charge in [0.2, 0.25) is 0 Å². The van der Waals surface area contributed by atoms with Gasteiger partial charge in [-0.25, -0.2) is 4.79 Å². The summed E-state index contributed by atoms with van der Waals surface area (Å²) < 4.78 is 25.9. The van der Waals surface area contributed by atoms with Crippen LogP contribution < -0.4 is 0 Å². The lowest BCUT2D eigenvalue weighted by atomic mass is 10.2. The van der Waals surface area contributed by atoms with Gasteiger partial charge in [0.1, 0.15) is 12.2 Å². The number of hydrogen-bond acceptors (Lipinski definition) is 6. The predicted molar refractivity (Wildman–Crippen MR) is 74.8 cm³/mol. The first-order valence-electron chi connectivity index (χ1n) is 6.98. The van der Waals surface area contributed by atoms with E-state index in [4.69, 9.17) is 23.7 Å². The van der Waals surface area contributed by atoms with Crippen LogP contribution in [0.4, 0.5) is 0 Å². The minimum Gasteiger partial charge on any atom is -0.458 e. The van der Waals surface area contributed by atoms with Gasteiger partial charge >= 0.3 is 5.97 Å². The second-order valence-electron chi connectivity index (χ2n) is 5.06. The van der Waals surface area contributed by atoms with Gasteiger partial charge in [0.25, 0.3) is 0 Å². The van der Waals surface area contributed by atoms with Crippen LogP contribution in [0.5, 0.6) is 0 Å². The number of rotatable bonds is 12. The first-order chi connectivity index (χ1) is 9.45. The van der Waals surface area contributed by atoms with E-state index in [9.17, 15) is 4.79 Å². The van der Waals surface area contributed by atoms with Crippen molar-refractivity contribution in [1.82, 2.24) is 0 Å². The van der Waals surface area contributed by atoms with Crippen molar-refractivity contribution in [2.24, 2.45) is 0 Å². The molecular weight excluding hydrogens is 264 g/mol. The van der Waals surface area contributed by atoms with Crippen molar-refractivity contribution in [2.45, 2.75) is 33.3 Å². The van der Waals surface area contributed by atoms with Crippen molar-refractivity contribution in [1.29, 1.82) is 0 Å². The van der Waals surface area contributed by atoms with Gasteiger partial charge in [-0.2, -0.15) is 0 Å². The molecule has 0 spiro atoms. The summed E-state index contributed by atoms with van der Waals surface area (Å²) in [7, 11) is 0. The molecule has 0 aromatic heterocycles. The average molecular weight is 292 g/mol. The molecule has 0 aliphatic rings. The van der Waals surface area contributed by atoms with E-state index in [0.29, 0.717) is 46.2 Å². The molecule has 0 aromatic carbocycles. The SMILES string of the molecule is CCOCCOCCOCCOCC(=O)OC(C)(C)C. The van der Waals surface area contributed by atoms with Gasteiger partial charge in [0.15, 0.2) is 0 Å². The van der Waals surface area contributed by atoms with Crippen molar-refractivity contribution in [3.05, 3.63) is 0 Å². The molecule has 0 unspecified atom stereocenters. The lowest BCUT2D eigenvalue weighted by molar-refractivity contribution is -0.160. The minimum absolute atomic E-state index is 0.0501. The summed E-state index contributed by atoms with van der Waals surface area (Å²) in [6.45, 7) is 11.1. The van der Waals surface area contributed by atoms with Crippen LogP contribution >= 0.6 is 0 Å². The molecule has 0 radical (unpaired) electrons. The second kappa shape index (κ2) is 12.1. The van der Waals surface area contributed by atoms with E-state index in [1.807, 2.05) is 27.7 Å². The molecule has 0 atom stereocenters. The Morgan fingerprint density at radius 3 is 1.70 bits per heavy atom. The Bertz CT molecular complexity index is 236. The monoisotopic (exact) mass is 292 g/mol. The van der Waals surface area contributed by atoms with Crippen LogP contribution in [0.1, 0.15) is 27.7 Å². The molecule has 120 valence electrons. The van der Waals surface area contributed by atoms with Gasteiger partial charge < -0.3 is 23.7 Å². The molecule has 0 rings (SSSR count). The summed E-state index contributed by atoms with van der Waals surface area (Å²) in [5, 5.41) is 0. The number of hydrogen-bond donors (Lipinski definition) is 0. The average Bonchev–Trinajstić information content (AvgIpc) is 2.34. The Labute approximate surface area is 121 Å². The maximum absolute atomic E-state index is 11.3. The fourth-order valence-electron chi connectivity index (χ4n) is 1.23. The normalized spacial score (nSPS) is 11.6. The number of ether oxygens (including phenoxy) is 5. The van der Waals surface area contributed by atoms with Gasteiger partial charge in [-0.05, 0) is 27.7 Å². The highest BCUT2D eigenvalue weighted by molar-refractivity contribution is 5.71. The smallest absolute Gasteiger partial charge is 0.332 e. The molecule has 0 saturated heterocycles. The third-order valence-electron chi connectivity index (χ3n) is 1.96. The Morgan fingerprint density at radius 2 is 1.25 bits per heavy atom. The molecule has 0 aliphatic heterocycles. The van der Waals surface area contributed by atoms with Crippen molar-refractivity contribution in [3.63, 3.8) is 0 Å². The van der Waals surface area contributed by atoms with Gasteiger partial charge in [-0.15, -0.1) is 0 Å². The quantitative estimate of drug-likeness (QED) is 0.400. The standard InChI is InChI=1S/C14H28O6/c1-5-16-6-7-17-8-9-18-10-11-19-12-13(15)20-14(2,3)4/h5-12H2,1-4H3. The molecule has 0 amide bonds. The molecule has 6 nitrogen and oxygen atoms in total. The lowest BCUT2D eigenvalue weighted by Gasteiger charge is -2.19. The zero-order valence-corrected chi connectivity index (χ0v) is 13.1. The molecule has 0 fully saturated rings. The van der Waals surface area contributed by atoms with Gasteiger partial charge in [0, 0.05) is 6.61 Å². The van der Waals surface area contributed by atoms with Gasteiger partial charge in [-0.3, -0.25) is 0 Å². The van der Waals surface area contributed by atoms with Gasteiger partial charge in [0.05, 0.1) is 39.6 Å².